The third kappa shape index (κ3) is 2.70. The molecule has 0 saturated heterocycles. The predicted molar refractivity (Wildman–Crippen MR) is 98.5 cm³/mol. The first-order valence-electron chi connectivity index (χ1n) is 7.61. The first-order valence-corrected chi connectivity index (χ1v) is 8.49. The SMILES string of the molecule is Cc1cccc(C(=O)Nc2nc(-c3c[nH]c4ccccc34)cs2)c1. The van der Waals surface area contributed by atoms with Crippen LogP contribution in [0.2, 0.25) is 0 Å². The molecule has 0 aliphatic carbocycles. The van der Waals surface area contributed by atoms with Crippen molar-refractivity contribution in [3.8, 4) is 11.3 Å². The number of H-pyrrole nitrogens is 1. The lowest BCUT2D eigenvalue weighted by molar-refractivity contribution is 0.102. The van der Waals surface area contributed by atoms with E-state index in [-0.39, 0.29) is 5.91 Å². The molecule has 4 nitrogen and oxygen atoms in total. The summed E-state index contributed by atoms with van der Waals surface area (Å²) in [5.74, 6) is -0.140. The second kappa shape index (κ2) is 5.94. The zero-order chi connectivity index (χ0) is 16.5. The van der Waals surface area contributed by atoms with E-state index in [2.05, 4.69) is 21.4 Å². The predicted octanol–water partition coefficient (Wildman–Crippen LogP) is 4.85. The van der Waals surface area contributed by atoms with E-state index in [9.17, 15) is 4.79 Å². The minimum absolute atomic E-state index is 0.140. The minimum atomic E-state index is -0.140. The Balaban J connectivity index is 1.60. The monoisotopic (exact) mass is 333 g/mol. The number of thiazole rings is 1. The lowest BCUT2D eigenvalue weighted by atomic mass is 10.1. The number of fused-ring (bicyclic) bond motifs is 1. The Kier molecular flexibility index (Phi) is 3.63. The molecule has 0 unspecified atom stereocenters. The quantitative estimate of drug-likeness (QED) is 0.563. The molecule has 0 aliphatic rings. The highest BCUT2D eigenvalue weighted by Gasteiger charge is 2.12. The molecule has 0 bridgehead atoms. The highest BCUT2D eigenvalue weighted by Crippen LogP contribution is 2.31. The van der Waals surface area contributed by atoms with Crippen LogP contribution in [0.3, 0.4) is 0 Å². The first-order chi connectivity index (χ1) is 11.7. The molecule has 0 aliphatic heterocycles. The Bertz CT molecular complexity index is 1030. The third-order valence-corrected chi connectivity index (χ3v) is 4.63. The Morgan fingerprint density at radius 1 is 1.17 bits per heavy atom. The molecule has 0 atom stereocenters. The molecule has 0 saturated carbocycles. The van der Waals surface area contributed by atoms with Crippen LogP contribution in [0, 0.1) is 6.92 Å². The molecule has 24 heavy (non-hydrogen) atoms. The number of hydrogen-bond donors (Lipinski definition) is 2. The number of rotatable bonds is 3. The molecule has 2 aromatic heterocycles. The third-order valence-electron chi connectivity index (χ3n) is 3.87. The number of aryl methyl sites for hydroxylation is 1. The molecule has 0 fully saturated rings. The van der Waals surface area contributed by atoms with Gasteiger partial charge in [0.15, 0.2) is 5.13 Å². The van der Waals surface area contributed by atoms with E-state index >= 15 is 0 Å². The van der Waals surface area contributed by atoms with Crippen LogP contribution in [-0.4, -0.2) is 15.9 Å². The maximum Gasteiger partial charge on any atom is 0.257 e. The van der Waals surface area contributed by atoms with Gasteiger partial charge in [0.2, 0.25) is 0 Å². The molecular formula is C19H15N3OS. The van der Waals surface area contributed by atoms with Crippen molar-refractivity contribution in [2.75, 3.05) is 5.32 Å². The summed E-state index contributed by atoms with van der Waals surface area (Å²) in [5.41, 5.74) is 4.67. The fourth-order valence-electron chi connectivity index (χ4n) is 2.69. The lowest BCUT2D eigenvalue weighted by Gasteiger charge is -2.02. The summed E-state index contributed by atoms with van der Waals surface area (Å²) in [4.78, 5) is 20.1. The number of carbonyl (C=O) groups is 1. The van der Waals surface area contributed by atoms with Gasteiger partial charge in [-0.2, -0.15) is 0 Å². The molecule has 0 radical (unpaired) electrons. The van der Waals surface area contributed by atoms with Gasteiger partial charge in [-0.05, 0) is 25.1 Å². The summed E-state index contributed by atoms with van der Waals surface area (Å²) in [5, 5.41) is 6.56. The van der Waals surface area contributed by atoms with E-state index in [0.29, 0.717) is 10.7 Å². The molecule has 4 rings (SSSR count). The van der Waals surface area contributed by atoms with Crippen LogP contribution in [0.4, 0.5) is 5.13 Å². The van der Waals surface area contributed by atoms with Gasteiger partial charge in [-0.3, -0.25) is 10.1 Å². The van der Waals surface area contributed by atoms with Gasteiger partial charge >= 0.3 is 0 Å². The van der Waals surface area contributed by atoms with Crippen molar-refractivity contribution in [3.63, 3.8) is 0 Å². The Morgan fingerprint density at radius 2 is 2.04 bits per heavy atom. The number of aromatic nitrogens is 2. The van der Waals surface area contributed by atoms with Crippen molar-refractivity contribution in [2.24, 2.45) is 0 Å². The van der Waals surface area contributed by atoms with Gasteiger partial charge in [0, 0.05) is 33.6 Å². The molecule has 1 amide bonds. The fraction of sp³-hybridized carbons (Fsp3) is 0.0526. The molecule has 2 aromatic carbocycles. The van der Waals surface area contributed by atoms with Crippen LogP contribution < -0.4 is 5.32 Å². The summed E-state index contributed by atoms with van der Waals surface area (Å²) >= 11 is 1.43. The van der Waals surface area contributed by atoms with Gasteiger partial charge < -0.3 is 4.98 Å². The maximum absolute atomic E-state index is 12.3. The number of carbonyl (C=O) groups excluding carboxylic acids is 1. The number of aromatic amines is 1. The van der Waals surface area contributed by atoms with Gasteiger partial charge in [-0.15, -0.1) is 11.3 Å². The van der Waals surface area contributed by atoms with E-state index in [1.165, 1.54) is 11.3 Å². The number of anilines is 1. The number of para-hydroxylation sites is 1. The molecule has 0 spiro atoms. The van der Waals surface area contributed by atoms with Gasteiger partial charge in [0.1, 0.15) is 0 Å². The minimum Gasteiger partial charge on any atom is -0.360 e. The number of hydrogen-bond acceptors (Lipinski definition) is 3. The second-order valence-corrected chi connectivity index (χ2v) is 6.47. The Labute approximate surface area is 143 Å². The van der Waals surface area contributed by atoms with Crippen LogP contribution in [0.5, 0.6) is 0 Å². The standard InChI is InChI=1S/C19H15N3OS/c1-12-5-4-6-13(9-12)18(23)22-19-21-17(11-24-19)15-10-20-16-8-3-2-7-14(15)16/h2-11,20H,1H3,(H,21,22,23). The van der Waals surface area contributed by atoms with E-state index in [1.807, 2.05) is 54.9 Å². The number of nitrogens with one attached hydrogen (secondary N) is 2. The van der Waals surface area contributed by atoms with Crippen molar-refractivity contribution >= 4 is 33.3 Å². The first kappa shape index (κ1) is 14.7. The number of benzene rings is 2. The average Bonchev–Trinajstić information content (AvgIpc) is 3.21. The zero-order valence-electron chi connectivity index (χ0n) is 13.0. The van der Waals surface area contributed by atoms with Gasteiger partial charge in [-0.25, -0.2) is 4.98 Å². The molecule has 2 N–H and O–H groups in total. The van der Waals surface area contributed by atoms with Gasteiger partial charge in [0.05, 0.1) is 5.69 Å². The smallest absolute Gasteiger partial charge is 0.257 e. The summed E-state index contributed by atoms with van der Waals surface area (Å²) in [6.07, 6.45) is 1.95. The molecule has 4 aromatic rings. The topological polar surface area (TPSA) is 57.8 Å². The highest BCUT2D eigenvalue weighted by atomic mass is 32.1. The van der Waals surface area contributed by atoms with Crippen LogP contribution >= 0.6 is 11.3 Å². The average molecular weight is 333 g/mol. The molecule has 118 valence electrons. The largest absolute Gasteiger partial charge is 0.360 e. The highest BCUT2D eigenvalue weighted by molar-refractivity contribution is 7.14. The maximum atomic E-state index is 12.3. The van der Waals surface area contributed by atoms with E-state index in [4.69, 9.17) is 0 Å². The van der Waals surface area contributed by atoms with Crippen molar-refractivity contribution in [1.82, 2.24) is 9.97 Å². The summed E-state index contributed by atoms with van der Waals surface area (Å²) in [6, 6.07) is 15.6. The van der Waals surface area contributed by atoms with Crippen LogP contribution in [0.15, 0.2) is 60.1 Å². The van der Waals surface area contributed by atoms with Gasteiger partial charge in [-0.1, -0.05) is 35.9 Å². The van der Waals surface area contributed by atoms with Crippen molar-refractivity contribution in [1.29, 1.82) is 0 Å². The molecule has 5 heteroatoms. The van der Waals surface area contributed by atoms with Crippen LogP contribution in [0.1, 0.15) is 15.9 Å². The molecular weight excluding hydrogens is 318 g/mol. The van der Waals surface area contributed by atoms with Crippen molar-refractivity contribution < 1.29 is 4.79 Å². The summed E-state index contributed by atoms with van der Waals surface area (Å²) in [7, 11) is 0. The summed E-state index contributed by atoms with van der Waals surface area (Å²) in [6.45, 7) is 1.97. The Morgan fingerprint density at radius 3 is 2.92 bits per heavy atom. The summed E-state index contributed by atoms with van der Waals surface area (Å²) < 4.78 is 0. The van der Waals surface area contributed by atoms with E-state index < -0.39 is 0 Å². The van der Waals surface area contributed by atoms with Crippen molar-refractivity contribution in [3.05, 3.63) is 71.2 Å². The van der Waals surface area contributed by atoms with E-state index in [0.717, 1.165) is 27.7 Å². The van der Waals surface area contributed by atoms with E-state index in [1.54, 1.807) is 6.07 Å². The fourth-order valence-corrected chi connectivity index (χ4v) is 3.40. The normalized spacial score (nSPS) is 10.9. The molecule has 2 heterocycles. The Hall–Kier alpha value is -2.92. The van der Waals surface area contributed by atoms with Crippen LogP contribution in [0.25, 0.3) is 22.2 Å². The zero-order valence-corrected chi connectivity index (χ0v) is 13.9. The number of nitrogens with zero attached hydrogens (tertiary/aromatic N) is 1. The lowest BCUT2D eigenvalue weighted by Crippen LogP contribution is -2.11. The number of amides is 1. The van der Waals surface area contributed by atoms with Gasteiger partial charge in [0.25, 0.3) is 5.91 Å². The van der Waals surface area contributed by atoms with Crippen molar-refractivity contribution in [2.45, 2.75) is 6.92 Å². The van der Waals surface area contributed by atoms with Crippen LogP contribution in [-0.2, 0) is 0 Å². The second-order valence-electron chi connectivity index (χ2n) is 5.61.